The number of amides is 3. The van der Waals surface area contributed by atoms with Crippen molar-refractivity contribution in [3.8, 4) is 0 Å². The van der Waals surface area contributed by atoms with Crippen molar-refractivity contribution >= 4 is 45.3 Å². The second-order valence-corrected chi connectivity index (χ2v) is 11.1. The first-order valence-electron chi connectivity index (χ1n) is 9.78. The molecule has 0 saturated carbocycles. The number of nitrogens with one attached hydrogen (secondary N) is 1. The van der Waals surface area contributed by atoms with Crippen LogP contribution in [-0.2, 0) is 21.5 Å². The predicted octanol–water partition coefficient (Wildman–Crippen LogP) is 3.66. The van der Waals surface area contributed by atoms with Crippen LogP contribution in [0.1, 0.15) is 19.4 Å². The molecule has 0 spiro atoms. The number of alkyl halides is 3. The van der Waals surface area contributed by atoms with Crippen LogP contribution in [0.25, 0.3) is 0 Å². The van der Waals surface area contributed by atoms with Crippen molar-refractivity contribution in [1.29, 1.82) is 0 Å². The number of imide groups is 1. The SMILES string of the molecule is CN(C)S(=O)(=O)Nc1cnccc1CN1C(=O)N(c2ccc(SC(F)(F)F)cc2)C(=O)C1(C)C. The van der Waals surface area contributed by atoms with Crippen LogP contribution >= 0.6 is 11.8 Å². The van der Waals surface area contributed by atoms with Crippen molar-refractivity contribution < 1.29 is 31.2 Å². The van der Waals surface area contributed by atoms with E-state index in [0.717, 1.165) is 9.21 Å². The number of carbonyl (C=O) groups is 2. The van der Waals surface area contributed by atoms with Crippen LogP contribution in [0.2, 0.25) is 0 Å². The summed E-state index contributed by atoms with van der Waals surface area (Å²) in [6.45, 7) is 2.95. The minimum absolute atomic E-state index is 0.0823. The van der Waals surface area contributed by atoms with Crippen LogP contribution in [0.3, 0.4) is 0 Å². The van der Waals surface area contributed by atoms with Gasteiger partial charge in [0.25, 0.3) is 5.91 Å². The van der Waals surface area contributed by atoms with Gasteiger partial charge in [-0.05, 0) is 61.5 Å². The third kappa shape index (κ3) is 5.28. The van der Waals surface area contributed by atoms with Crippen molar-refractivity contribution in [3.63, 3.8) is 0 Å². The number of hydrogen-bond acceptors (Lipinski definition) is 6. The Morgan fingerprint density at radius 2 is 1.74 bits per heavy atom. The van der Waals surface area contributed by atoms with Gasteiger partial charge in [-0.15, -0.1) is 0 Å². The Balaban J connectivity index is 1.89. The molecule has 1 aliphatic rings. The lowest BCUT2D eigenvalue weighted by molar-refractivity contribution is -0.123. The summed E-state index contributed by atoms with van der Waals surface area (Å²) >= 11 is -0.301. The standard InChI is InChI=1S/C20H22F3N5O4S2/c1-19(2)17(29)28(14-5-7-15(8-6-14)33-20(21,22)23)18(30)27(19)12-13-9-10-24-11-16(13)25-34(31,32)26(3)4/h5-11,25H,12H2,1-4H3. The number of nitrogens with zero attached hydrogens (tertiary/aromatic N) is 4. The van der Waals surface area contributed by atoms with Crippen molar-refractivity contribution in [3.05, 3.63) is 48.3 Å². The molecular formula is C20H22F3N5O4S2. The molecule has 9 nitrogen and oxygen atoms in total. The third-order valence-electron chi connectivity index (χ3n) is 5.11. The van der Waals surface area contributed by atoms with E-state index in [4.69, 9.17) is 0 Å². The maximum atomic E-state index is 13.2. The summed E-state index contributed by atoms with van der Waals surface area (Å²) in [7, 11) is -1.16. The number of carbonyl (C=O) groups excluding carboxylic acids is 2. The molecular weight excluding hydrogens is 495 g/mol. The fraction of sp³-hybridized carbons (Fsp3) is 0.350. The first-order chi connectivity index (χ1) is 15.6. The number of rotatable bonds is 7. The smallest absolute Gasteiger partial charge is 0.305 e. The third-order valence-corrected chi connectivity index (χ3v) is 7.29. The lowest BCUT2D eigenvalue weighted by Gasteiger charge is -2.28. The summed E-state index contributed by atoms with van der Waals surface area (Å²) in [4.78, 5) is 32.3. The highest BCUT2D eigenvalue weighted by atomic mass is 32.2. The summed E-state index contributed by atoms with van der Waals surface area (Å²) in [5.41, 5.74) is -5.11. The topological polar surface area (TPSA) is 103 Å². The average molecular weight is 518 g/mol. The molecule has 1 N–H and O–H groups in total. The minimum atomic E-state index is -4.46. The Hall–Kier alpha value is -2.84. The highest BCUT2D eigenvalue weighted by molar-refractivity contribution is 8.00. The molecule has 0 bridgehead atoms. The summed E-state index contributed by atoms with van der Waals surface area (Å²) < 4.78 is 65.7. The summed E-state index contributed by atoms with van der Waals surface area (Å²) in [6, 6.07) is 5.73. The van der Waals surface area contributed by atoms with E-state index in [2.05, 4.69) is 9.71 Å². The van der Waals surface area contributed by atoms with Crippen LogP contribution < -0.4 is 9.62 Å². The molecule has 0 radical (unpaired) electrons. The molecule has 0 atom stereocenters. The normalized spacial score (nSPS) is 16.5. The molecule has 1 aliphatic heterocycles. The number of thioether (sulfide) groups is 1. The quantitative estimate of drug-likeness (QED) is 0.444. The Morgan fingerprint density at radius 3 is 2.29 bits per heavy atom. The molecule has 1 aromatic carbocycles. The van der Waals surface area contributed by atoms with Gasteiger partial charge in [-0.2, -0.15) is 25.9 Å². The molecule has 3 rings (SSSR count). The highest BCUT2D eigenvalue weighted by Gasteiger charge is 2.52. The minimum Gasteiger partial charge on any atom is -0.305 e. The summed E-state index contributed by atoms with van der Waals surface area (Å²) in [5, 5.41) is 0. The van der Waals surface area contributed by atoms with Crippen molar-refractivity contribution in [1.82, 2.24) is 14.2 Å². The molecule has 2 aromatic rings. The zero-order chi connectivity index (χ0) is 25.5. The van der Waals surface area contributed by atoms with Gasteiger partial charge >= 0.3 is 21.7 Å². The number of pyridine rings is 1. The lowest BCUT2D eigenvalue weighted by Crippen LogP contribution is -2.43. The summed E-state index contributed by atoms with van der Waals surface area (Å²) in [5.74, 6) is -0.571. The molecule has 1 fully saturated rings. The first kappa shape index (κ1) is 25.8. The van der Waals surface area contributed by atoms with E-state index in [1.807, 2.05) is 0 Å². The van der Waals surface area contributed by atoms with E-state index in [1.165, 1.54) is 75.6 Å². The predicted molar refractivity (Wildman–Crippen MR) is 121 cm³/mol. The molecule has 14 heteroatoms. The molecule has 1 saturated heterocycles. The van der Waals surface area contributed by atoms with Crippen LogP contribution in [0, 0.1) is 0 Å². The molecule has 1 aromatic heterocycles. The maximum Gasteiger partial charge on any atom is 0.446 e. The average Bonchev–Trinajstić information content (AvgIpc) is 2.88. The second kappa shape index (κ2) is 9.07. The van der Waals surface area contributed by atoms with Gasteiger partial charge in [-0.25, -0.2) is 9.69 Å². The van der Waals surface area contributed by atoms with Crippen LogP contribution in [0.5, 0.6) is 0 Å². The largest absolute Gasteiger partial charge is 0.446 e. The molecule has 184 valence electrons. The Bertz CT molecular complexity index is 1200. The van der Waals surface area contributed by atoms with Gasteiger partial charge in [0, 0.05) is 25.2 Å². The number of aromatic nitrogens is 1. The van der Waals surface area contributed by atoms with Crippen LogP contribution in [0.4, 0.5) is 29.3 Å². The number of benzene rings is 1. The van der Waals surface area contributed by atoms with E-state index >= 15 is 0 Å². The van der Waals surface area contributed by atoms with E-state index in [1.54, 1.807) is 0 Å². The van der Waals surface area contributed by atoms with Gasteiger partial charge in [-0.3, -0.25) is 14.5 Å². The molecule has 34 heavy (non-hydrogen) atoms. The van der Waals surface area contributed by atoms with Crippen molar-refractivity contribution in [2.24, 2.45) is 0 Å². The van der Waals surface area contributed by atoms with E-state index in [0.29, 0.717) is 5.56 Å². The Kier molecular flexibility index (Phi) is 6.88. The number of hydrogen-bond donors (Lipinski definition) is 1. The molecule has 0 aliphatic carbocycles. The fourth-order valence-electron chi connectivity index (χ4n) is 3.18. The van der Waals surface area contributed by atoms with Gasteiger partial charge in [0.15, 0.2) is 0 Å². The second-order valence-electron chi connectivity index (χ2n) is 8.03. The van der Waals surface area contributed by atoms with Crippen molar-refractivity contribution in [2.75, 3.05) is 23.7 Å². The molecule has 3 amide bonds. The Morgan fingerprint density at radius 1 is 1.12 bits per heavy atom. The molecule has 0 unspecified atom stereocenters. The Labute approximate surface area is 199 Å². The number of anilines is 2. The van der Waals surface area contributed by atoms with E-state index in [-0.39, 0.29) is 34.6 Å². The lowest BCUT2D eigenvalue weighted by atomic mass is 10.0. The zero-order valence-corrected chi connectivity index (χ0v) is 20.3. The van der Waals surface area contributed by atoms with E-state index < -0.39 is 33.2 Å². The number of halogens is 3. The zero-order valence-electron chi connectivity index (χ0n) is 18.6. The maximum absolute atomic E-state index is 13.2. The van der Waals surface area contributed by atoms with Gasteiger partial charge in [-0.1, -0.05) is 0 Å². The van der Waals surface area contributed by atoms with Gasteiger partial charge in [0.2, 0.25) is 0 Å². The van der Waals surface area contributed by atoms with Crippen LogP contribution in [0.15, 0.2) is 47.6 Å². The monoisotopic (exact) mass is 517 g/mol. The van der Waals surface area contributed by atoms with E-state index in [9.17, 15) is 31.2 Å². The highest BCUT2D eigenvalue weighted by Crippen LogP contribution is 2.39. The molecule has 2 heterocycles. The van der Waals surface area contributed by atoms with Gasteiger partial charge < -0.3 is 4.90 Å². The van der Waals surface area contributed by atoms with Gasteiger partial charge in [0.05, 0.1) is 24.1 Å². The fourth-order valence-corrected chi connectivity index (χ4v) is 4.36. The number of urea groups is 1. The summed E-state index contributed by atoms with van der Waals surface area (Å²) in [6.07, 6.45) is 2.72. The van der Waals surface area contributed by atoms with Crippen LogP contribution in [-0.4, -0.2) is 59.7 Å². The first-order valence-corrected chi connectivity index (χ1v) is 12.0. The van der Waals surface area contributed by atoms with Gasteiger partial charge in [0.1, 0.15) is 5.54 Å². The van der Waals surface area contributed by atoms with Crippen molar-refractivity contribution in [2.45, 2.75) is 36.3 Å².